The van der Waals surface area contributed by atoms with E-state index in [-0.39, 0.29) is 86.7 Å². The van der Waals surface area contributed by atoms with E-state index in [1.54, 1.807) is 53.2 Å². The van der Waals surface area contributed by atoms with E-state index in [1.165, 1.54) is 65.5 Å². The van der Waals surface area contributed by atoms with Crippen LogP contribution in [0.3, 0.4) is 0 Å². The largest absolute Gasteiger partial charge is 0.458 e. The zero-order chi connectivity index (χ0) is 68.0. The number of aliphatic hydroxyl groups excluding tert-OH is 1. The van der Waals surface area contributed by atoms with Gasteiger partial charge in [-0.1, -0.05) is 130 Å². The zero-order valence-electron chi connectivity index (χ0n) is 55.1. The Morgan fingerprint density at radius 1 is 0.889 bits per heavy atom. The molecule has 2 aromatic heterocycles. The first-order valence-corrected chi connectivity index (χ1v) is 30.8. The second kappa shape index (κ2) is 49.0. The van der Waals surface area contributed by atoms with Crippen LogP contribution in [0.4, 0.5) is 4.39 Å². The van der Waals surface area contributed by atoms with Crippen molar-refractivity contribution in [2.75, 3.05) is 66.7 Å². The number of likely N-dealkylation sites (N-methyl/N-ethyl adjacent to an activating group) is 2. The van der Waals surface area contributed by atoms with Crippen molar-refractivity contribution < 1.29 is 57.3 Å². The van der Waals surface area contributed by atoms with Gasteiger partial charge in [-0.3, -0.25) is 33.7 Å². The van der Waals surface area contributed by atoms with Gasteiger partial charge in [0.2, 0.25) is 18.2 Å². The first-order valence-electron chi connectivity index (χ1n) is 30.8. The lowest BCUT2D eigenvalue weighted by atomic mass is 9.97. The second-order valence-electron chi connectivity index (χ2n) is 20.5. The van der Waals surface area contributed by atoms with Crippen LogP contribution in [0.5, 0.6) is 0 Å². The lowest BCUT2D eigenvalue weighted by molar-refractivity contribution is -0.157. The Morgan fingerprint density at radius 3 is 2.10 bits per heavy atom. The number of piperidine rings is 1. The summed E-state index contributed by atoms with van der Waals surface area (Å²) in [5, 5.41) is 25.2. The normalized spacial score (nSPS) is 14.1. The molecule has 5 heterocycles. The number of nitrogens with zero attached hydrogens (tertiary/aromatic N) is 4. The highest BCUT2D eigenvalue weighted by molar-refractivity contribution is 5.94. The molecule has 2 aromatic carbocycles. The van der Waals surface area contributed by atoms with Gasteiger partial charge < -0.3 is 66.1 Å². The fourth-order valence-electron chi connectivity index (χ4n) is 8.72. The number of unbranched alkanes of at least 4 members (excludes halogenated alkanes) is 4. The maximum absolute atomic E-state index is 14.8. The van der Waals surface area contributed by atoms with Crippen molar-refractivity contribution in [1.29, 1.82) is 0 Å². The summed E-state index contributed by atoms with van der Waals surface area (Å²) in [5.74, 6) is 4.77. The number of fused-ring (bicyclic) bond motifs is 5. The number of aromatic nitrogens is 2. The molecule has 90 heavy (non-hydrogen) atoms. The fraction of sp³-hybridized carbons (Fsp3) is 0.515. The summed E-state index contributed by atoms with van der Waals surface area (Å²) in [6.45, 7) is 22.4. The van der Waals surface area contributed by atoms with Crippen molar-refractivity contribution >= 4 is 59.7 Å². The molecule has 3 aliphatic rings. The van der Waals surface area contributed by atoms with Crippen molar-refractivity contribution in [3.63, 3.8) is 0 Å². The number of nitrogens with two attached hydrogens (primary N) is 2. The Hall–Kier alpha value is -7.87. The number of halogens is 1. The highest BCUT2D eigenvalue weighted by Crippen LogP contribution is 2.39. The van der Waals surface area contributed by atoms with Gasteiger partial charge in [-0.2, -0.15) is 0 Å². The van der Waals surface area contributed by atoms with E-state index in [9.17, 15) is 52.6 Å². The Bertz CT molecular complexity index is 2900. The highest BCUT2D eigenvalue weighted by Gasteiger charge is 2.35. The number of nitrogens with one attached hydrogen (secondary N) is 5. The molecule has 3 aliphatic heterocycles. The number of aliphatic hydroxyl groups is 1. The third kappa shape index (κ3) is 30.6. The van der Waals surface area contributed by atoms with E-state index >= 15 is 0 Å². The molecule has 7 rings (SSSR count). The zero-order valence-corrected chi connectivity index (χ0v) is 55.1. The Morgan fingerprint density at radius 2 is 1.54 bits per heavy atom. The maximum atomic E-state index is 14.8. The molecule has 2 atom stereocenters. The maximum Gasteiger partial charge on any atom is 0.340 e. The number of carbonyl (C=O) groups is 8. The van der Waals surface area contributed by atoms with Gasteiger partial charge in [0, 0.05) is 53.0 Å². The van der Waals surface area contributed by atoms with Crippen molar-refractivity contribution in [1.82, 2.24) is 46.0 Å². The smallest absolute Gasteiger partial charge is 0.340 e. The van der Waals surface area contributed by atoms with Gasteiger partial charge in [0.05, 0.1) is 68.3 Å². The quantitative estimate of drug-likeness (QED) is 0.00627. The number of cyclic esters (lactones) is 1. The fourth-order valence-corrected chi connectivity index (χ4v) is 8.72. The third-order valence-corrected chi connectivity index (χ3v) is 13.3. The van der Waals surface area contributed by atoms with E-state index in [0.29, 0.717) is 72.2 Å². The number of ketones is 1. The van der Waals surface area contributed by atoms with Gasteiger partial charge in [-0.25, -0.2) is 20.0 Å². The van der Waals surface area contributed by atoms with Crippen LogP contribution in [0.2, 0.25) is 0 Å². The number of carbonyl (C=O) groups excluding carboxylic acids is 8. The minimum Gasteiger partial charge on any atom is -0.458 e. The molecular weight excluding hydrogens is 1160 g/mol. The number of rotatable bonds is 25. The van der Waals surface area contributed by atoms with Crippen LogP contribution in [0.25, 0.3) is 22.3 Å². The molecule has 10 N–H and O–H groups in total. The lowest BCUT2D eigenvalue weighted by Gasteiger charge is -2.35. The molecular formula is C66H102FN11O12. The van der Waals surface area contributed by atoms with Crippen LogP contribution < -0.4 is 43.7 Å². The average Bonchev–Trinajstić information content (AvgIpc) is 1.54. The van der Waals surface area contributed by atoms with E-state index in [4.69, 9.17) is 26.0 Å². The molecule has 0 saturated carbocycles. The summed E-state index contributed by atoms with van der Waals surface area (Å²) in [4.78, 5) is 104. The molecule has 24 heteroatoms. The number of likely N-dealkylation sites (tertiary alicyclic amines) is 1. The SMILES string of the molecule is CC.CC.CC(C)C(=O)/C=C\C=O.CCCCCCC.CNCC(=O)NCOCC1CCCCN1C/C(N)=C/N(N)Cc1c2c(nc3cc(F)c(C)cc13)-c1cc3c(c(=O)n1C2)COC(=O)C3O.CNCC=O.Cc1ccccc1.O=CCNC(=O)CNC=O. The van der Waals surface area contributed by atoms with Crippen molar-refractivity contribution in [3.8, 4) is 11.4 Å². The number of esters is 1. The molecule has 1 saturated heterocycles. The predicted octanol–water partition coefficient (Wildman–Crippen LogP) is 6.05. The molecule has 2 unspecified atom stereocenters. The number of amides is 3. The Kier molecular flexibility index (Phi) is 44.7. The first-order chi connectivity index (χ1) is 43.3. The third-order valence-electron chi connectivity index (χ3n) is 13.3. The summed E-state index contributed by atoms with van der Waals surface area (Å²) in [7, 11) is 3.43. The molecule has 3 amide bonds. The van der Waals surface area contributed by atoms with Gasteiger partial charge in [0.1, 0.15) is 38.0 Å². The second-order valence-corrected chi connectivity index (χ2v) is 20.5. The summed E-state index contributed by atoms with van der Waals surface area (Å²) in [6.07, 6.45) is 15.0. The standard InChI is InChI=1S/C33H41FN8O6.C7H10O2.C7H8.C7H16.C5H8N2O3.C3H7NO.2C2H6/c1-18-7-21-23(13-41(36)12-19(35)11-40-6-4-3-5-20(40)15-47-17-38-29(43)10-37-2)24-14-42-28(30(24)39-27(21)9-26(18)34)8-22-25(32(42)45)16-48-33(46)31(22)44;1-6(2)7(9)4-3-5-8;1-7-5-3-2-4-6-7;1-3-5-7-6-4-2;8-2-1-7-5(10)3-6-4-9;1-4-2-3-5;2*1-2/h7-9,12,20,31,37,44H,3-6,10-11,13-17,35-36H2,1-2H3,(H,38,43);3-6H,1-2H3;2-6H,1H3;3-7H2,1-2H3;2,4H,1,3H2,(H,6,9)(H,7,10);3-4H,2H2,1H3;2*1-2H3/b19-12-;4-3-;;;;;;. The number of pyridine rings is 2. The predicted molar refractivity (Wildman–Crippen MR) is 351 cm³/mol. The Labute approximate surface area is 531 Å². The van der Waals surface area contributed by atoms with Crippen LogP contribution in [0.15, 0.2) is 77.4 Å². The number of hydrazine groups is 1. The van der Waals surface area contributed by atoms with Gasteiger partial charge in [-0.05, 0) is 82.7 Å². The van der Waals surface area contributed by atoms with Gasteiger partial charge in [-0.15, -0.1) is 0 Å². The molecule has 4 aromatic rings. The van der Waals surface area contributed by atoms with E-state index in [2.05, 4.69) is 64.4 Å². The molecule has 0 radical (unpaired) electrons. The first kappa shape index (κ1) is 82.1. The van der Waals surface area contributed by atoms with E-state index < -0.39 is 23.4 Å². The number of hydrogen-bond acceptors (Lipinski definition) is 19. The highest BCUT2D eigenvalue weighted by atomic mass is 19.1. The number of allylic oxidation sites excluding steroid dienone is 2. The monoisotopic (exact) mass is 1260 g/mol. The molecule has 0 aliphatic carbocycles. The van der Waals surface area contributed by atoms with Gasteiger partial charge in [0.15, 0.2) is 11.9 Å². The van der Waals surface area contributed by atoms with E-state index in [0.717, 1.165) is 43.2 Å². The summed E-state index contributed by atoms with van der Waals surface area (Å²) in [6, 6.07) is 15.1. The number of benzene rings is 2. The number of ether oxygens (including phenoxy) is 2. The van der Waals surface area contributed by atoms with Crippen LogP contribution in [0.1, 0.15) is 146 Å². The Balaban J connectivity index is 0.00000151. The molecule has 0 bridgehead atoms. The van der Waals surface area contributed by atoms with Crippen LogP contribution in [0, 0.1) is 25.6 Å². The van der Waals surface area contributed by atoms with Crippen molar-refractivity contribution in [2.24, 2.45) is 17.5 Å². The van der Waals surface area contributed by atoms with Crippen LogP contribution in [-0.2, 0) is 67.5 Å². The lowest BCUT2D eigenvalue weighted by Crippen LogP contribution is -2.45. The minimum absolute atomic E-state index is 0.0119. The summed E-state index contributed by atoms with van der Waals surface area (Å²) >= 11 is 0. The van der Waals surface area contributed by atoms with Gasteiger partial charge >= 0.3 is 5.97 Å². The topological polar surface area (TPSA) is 329 Å². The van der Waals surface area contributed by atoms with Crippen molar-refractivity contribution in [3.05, 3.63) is 122 Å². The molecule has 500 valence electrons. The molecule has 23 nitrogen and oxygen atoms in total. The summed E-state index contributed by atoms with van der Waals surface area (Å²) in [5.41, 5.74) is 11.6. The summed E-state index contributed by atoms with van der Waals surface area (Å²) < 4.78 is 27.1. The van der Waals surface area contributed by atoms with Crippen molar-refractivity contribution in [2.45, 2.75) is 152 Å². The van der Waals surface area contributed by atoms with Crippen LogP contribution in [-0.4, -0.2) is 146 Å². The number of aryl methyl sites for hydroxylation is 2. The average molecular weight is 1260 g/mol. The minimum atomic E-state index is -1.58. The van der Waals surface area contributed by atoms with Crippen LogP contribution >= 0.6 is 0 Å². The molecule has 0 spiro atoms. The number of aldehydes is 3. The van der Waals surface area contributed by atoms with E-state index in [1.807, 2.05) is 45.9 Å². The molecule has 1 fully saturated rings. The number of hydrogen-bond donors (Lipinski definition) is 8. The van der Waals surface area contributed by atoms with Gasteiger partial charge in [0.25, 0.3) is 5.56 Å².